The number of aromatic nitrogens is 1. The van der Waals surface area contributed by atoms with Crippen molar-refractivity contribution in [3.05, 3.63) is 64.6 Å². The van der Waals surface area contributed by atoms with Crippen LogP contribution in [0.5, 0.6) is 5.75 Å². The number of nitrogens with zero attached hydrogens (tertiary/aromatic N) is 2. The van der Waals surface area contributed by atoms with Crippen LogP contribution in [0.3, 0.4) is 0 Å². The predicted octanol–water partition coefficient (Wildman–Crippen LogP) is 6.82. The number of rotatable bonds is 1. The molecule has 0 unspecified atom stereocenters. The summed E-state index contributed by atoms with van der Waals surface area (Å²) in [4.78, 5) is 4.59. The van der Waals surface area contributed by atoms with Crippen molar-refractivity contribution in [3.8, 4) is 5.75 Å². The molecule has 27 heavy (non-hydrogen) atoms. The van der Waals surface area contributed by atoms with Gasteiger partial charge in [0.1, 0.15) is 11.3 Å². The molecule has 0 amide bonds. The average Bonchev–Trinajstić information content (AvgIpc) is 3.14. The van der Waals surface area contributed by atoms with Crippen LogP contribution in [0, 0.1) is 0 Å². The molecule has 0 atom stereocenters. The Labute approximate surface area is 160 Å². The normalized spacial score (nSPS) is 15.7. The van der Waals surface area contributed by atoms with Crippen molar-refractivity contribution in [2.75, 3.05) is 0 Å². The molecule has 0 N–H and O–H groups in total. The van der Waals surface area contributed by atoms with Crippen molar-refractivity contribution in [2.24, 2.45) is 0 Å². The Balaban J connectivity index is 1.62. The van der Waals surface area contributed by atoms with Crippen LogP contribution in [-0.4, -0.2) is 4.98 Å². The molecule has 1 aromatic heterocycles. The molecule has 4 heteroatoms. The maximum absolute atomic E-state index is 5.85. The zero-order valence-corrected chi connectivity index (χ0v) is 16.8. The fourth-order valence-electron chi connectivity index (χ4n) is 3.05. The Hall–Kier alpha value is -2.75. The highest BCUT2D eigenvalue weighted by atomic mass is 16.5. The van der Waals surface area contributed by atoms with E-state index in [1.54, 1.807) is 6.08 Å². The summed E-state index contributed by atoms with van der Waals surface area (Å²) in [5.74, 6) is 1.76. The second-order valence-corrected chi connectivity index (χ2v) is 9.11. The van der Waals surface area contributed by atoms with E-state index in [1.807, 2.05) is 12.1 Å². The van der Waals surface area contributed by atoms with Gasteiger partial charge in [-0.2, -0.15) is 0 Å². The van der Waals surface area contributed by atoms with E-state index in [2.05, 4.69) is 76.1 Å². The lowest BCUT2D eigenvalue weighted by Crippen LogP contribution is -2.10. The molecule has 0 aliphatic carbocycles. The molecule has 0 saturated carbocycles. The quantitative estimate of drug-likeness (QED) is 0.478. The number of hydrogen-bond acceptors (Lipinski definition) is 3. The standard InChI is InChI=1S/C23H25N2O2/c1-22(2,3)14-7-9-18-16(11-14)24-20(26-18)13-21-25-17-12-15(23(4,5)6)8-10-19(17)27-21/h7-13H,1-6H3/q-1/b20-13+. The van der Waals surface area contributed by atoms with E-state index in [9.17, 15) is 0 Å². The first-order chi connectivity index (χ1) is 12.6. The Morgan fingerprint density at radius 2 is 1.56 bits per heavy atom. The van der Waals surface area contributed by atoms with Crippen LogP contribution in [0.25, 0.3) is 22.5 Å². The highest BCUT2D eigenvalue weighted by Gasteiger charge is 2.17. The van der Waals surface area contributed by atoms with Crippen LogP contribution in [0.2, 0.25) is 0 Å². The first-order valence-corrected chi connectivity index (χ1v) is 9.26. The van der Waals surface area contributed by atoms with Gasteiger partial charge in [0.2, 0.25) is 5.89 Å². The molecule has 0 fully saturated rings. The number of benzene rings is 2. The van der Waals surface area contributed by atoms with Crippen molar-refractivity contribution in [3.63, 3.8) is 0 Å². The molecular weight excluding hydrogens is 336 g/mol. The summed E-state index contributed by atoms with van der Waals surface area (Å²) in [6.07, 6.45) is 1.74. The molecular formula is C23H25N2O2-. The number of hydrogen-bond donors (Lipinski definition) is 0. The van der Waals surface area contributed by atoms with Gasteiger partial charge in [-0.05, 0) is 40.2 Å². The van der Waals surface area contributed by atoms with Gasteiger partial charge in [0.15, 0.2) is 5.58 Å². The maximum atomic E-state index is 5.85. The third kappa shape index (κ3) is 3.44. The smallest absolute Gasteiger partial charge is 0.221 e. The minimum absolute atomic E-state index is 0.0715. The molecule has 0 saturated heterocycles. The first kappa shape index (κ1) is 17.7. The summed E-state index contributed by atoms with van der Waals surface area (Å²) in [6.45, 7) is 13.1. The van der Waals surface area contributed by atoms with Crippen LogP contribution in [0.4, 0.5) is 5.69 Å². The molecule has 1 aliphatic heterocycles. The van der Waals surface area contributed by atoms with E-state index in [1.165, 1.54) is 11.1 Å². The van der Waals surface area contributed by atoms with Gasteiger partial charge in [-0.1, -0.05) is 65.4 Å². The zero-order valence-electron chi connectivity index (χ0n) is 16.8. The van der Waals surface area contributed by atoms with Gasteiger partial charge in [0.05, 0.1) is 0 Å². The fourth-order valence-corrected chi connectivity index (χ4v) is 3.05. The van der Waals surface area contributed by atoms with Crippen molar-refractivity contribution in [2.45, 2.75) is 52.4 Å². The molecule has 0 radical (unpaired) electrons. The lowest BCUT2D eigenvalue weighted by Gasteiger charge is -2.21. The summed E-state index contributed by atoms with van der Waals surface area (Å²) in [7, 11) is 0. The molecule has 2 aromatic carbocycles. The molecule has 3 aromatic rings. The second-order valence-electron chi connectivity index (χ2n) is 9.11. The van der Waals surface area contributed by atoms with Crippen molar-refractivity contribution >= 4 is 22.9 Å². The lowest BCUT2D eigenvalue weighted by atomic mass is 9.87. The highest BCUT2D eigenvalue weighted by molar-refractivity contribution is 5.77. The van der Waals surface area contributed by atoms with Crippen LogP contribution < -0.4 is 4.74 Å². The van der Waals surface area contributed by atoms with E-state index >= 15 is 0 Å². The fraction of sp³-hybridized carbons (Fsp3) is 0.348. The van der Waals surface area contributed by atoms with Crippen molar-refractivity contribution in [1.29, 1.82) is 0 Å². The summed E-state index contributed by atoms with van der Waals surface area (Å²) in [5.41, 5.74) is 5.06. The van der Waals surface area contributed by atoms with Crippen LogP contribution in [-0.2, 0) is 10.8 Å². The van der Waals surface area contributed by atoms with E-state index in [0.717, 1.165) is 22.5 Å². The van der Waals surface area contributed by atoms with Crippen LogP contribution >= 0.6 is 0 Å². The SMILES string of the molecule is CC(C)(C)c1ccc2c(c1)[N-]/C(=C\c1nc3cc(C(C)(C)C)ccc3o1)O2. The molecule has 4 rings (SSSR count). The molecule has 0 spiro atoms. The molecule has 2 heterocycles. The second kappa shape index (κ2) is 5.88. The van der Waals surface area contributed by atoms with E-state index < -0.39 is 0 Å². The van der Waals surface area contributed by atoms with Gasteiger partial charge >= 0.3 is 0 Å². The molecule has 0 bridgehead atoms. The van der Waals surface area contributed by atoms with E-state index in [4.69, 9.17) is 9.15 Å². The molecule has 4 nitrogen and oxygen atoms in total. The maximum Gasteiger partial charge on any atom is 0.221 e. The van der Waals surface area contributed by atoms with Gasteiger partial charge < -0.3 is 14.5 Å². The van der Waals surface area contributed by atoms with Crippen LogP contribution in [0.15, 0.2) is 46.7 Å². The third-order valence-electron chi connectivity index (χ3n) is 4.79. The van der Waals surface area contributed by atoms with E-state index in [-0.39, 0.29) is 10.8 Å². The molecule has 140 valence electrons. The van der Waals surface area contributed by atoms with Gasteiger partial charge in [-0.15, -0.1) is 0 Å². The first-order valence-electron chi connectivity index (χ1n) is 9.26. The Bertz CT molecular complexity index is 1050. The zero-order chi connectivity index (χ0) is 19.4. The monoisotopic (exact) mass is 361 g/mol. The summed E-state index contributed by atoms with van der Waals surface area (Å²) in [5, 5.41) is 4.59. The van der Waals surface area contributed by atoms with Gasteiger partial charge in [-0.25, -0.2) is 4.98 Å². The Kier molecular flexibility index (Phi) is 3.84. The molecule has 1 aliphatic rings. The summed E-state index contributed by atoms with van der Waals surface area (Å²) >= 11 is 0. The summed E-state index contributed by atoms with van der Waals surface area (Å²) in [6, 6.07) is 12.3. The lowest BCUT2D eigenvalue weighted by molar-refractivity contribution is 0.463. The van der Waals surface area contributed by atoms with Crippen LogP contribution in [0.1, 0.15) is 58.6 Å². The Morgan fingerprint density at radius 3 is 2.26 bits per heavy atom. The largest absolute Gasteiger partial charge is 0.624 e. The van der Waals surface area contributed by atoms with Gasteiger partial charge in [0.25, 0.3) is 0 Å². The van der Waals surface area contributed by atoms with Crippen molar-refractivity contribution < 1.29 is 9.15 Å². The number of oxazole rings is 1. The highest BCUT2D eigenvalue weighted by Crippen LogP contribution is 2.45. The third-order valence-corrected chi connectivity index (χ3v) is 4.79. The van der Waals surface area contributed by atoms with E-state index in [0.29, 0.717) is 11.8 Å². The number of ether oxygens (including phenoxy) is 1. The van der Waals surface area contributed by atoms with Gasteiger partial charge in [-0.3, -0.25) is 0 Å². The summed E-state index contributed by atoms with van der Waals surface area (Å²) < 4.78 is 11.7. The van der Waals surface area contributed by atoms with Gasteiger partial charge in [0, 0.05) is 12.0 Å². The van der Waals surface area contributed by atoms with Crippen molar-refractivity contribution in [1.82, 2.24) is 4.98 Å². The average molecular weight is 361 g/mol. The number of fused-ring (bicyclic) bond motifs is 2. The predicted molar refractivity (Wildman–Crippen MR) is 109 cm³/mol. The minimum atomic E-state index is 0.0715. The topological polar surface area (TPSA) is 49.4 Å². The Morgan fingerprint density at radius 1 is 0.889 bits per heavy atom. The minimum Gasteiger partial charge on any atom is -0.624 e.